The molecule has 32 heavy (non-hydrogen) atoms. The van der Waals surface area contributed by atoms with Crippen LogP contribution in [-0.4, -0.2) is 38.1 Å². The highest BCUT2D eigenvalue weighted by Gasteiger charge is 2.27. The average Bonchev–Trinajstić information content (AvgIpc) is 3.13. The van der Waals surface area contributed by atoms with Crippen molar-refractivity contribution in [2.24, 2.45) is 0 Å². The molecular formula is C27H35N3O2. The third kappa shape index (κ3) is 5.04. The molecular weight excluding hydrogens is 398 g/mol. The Bertz CT molecular complexity index is 1050. The topological polar surface area (TPSA) is 58.4 Å². The zero-order chi connectivity index (χ0) is 22.5. The molecule has 0 unspecified atom stereocenters. The fraction of sp³-hybridized carbons (Fsp3) is 0.481. The standard InChI is InChI=1S/C27H35N3O2/c1-20-16-24-25(17-21(20)2)30(26(28-24)14-9-15-31)19-27(32)29(23-12-7-4-8-13-23)18-22-10-5-3-6-11-22/h3,5-6,10-11,16-17,23,31H,4,7-9,12-15,18-19H2,1-2H3. The number of imidazole rings is 1. The maximum absolute atomic E-state index is 13.8. The third-order valence-corrected chi connectivity index (χ3v) is 6.83. The zero-order valence-corrected chi connectivity index (χ0v) is 19.4. The fourth-order valence-electron chi connectivity index (χ4n) is 4.85. The van der Waals surface area contributed by atoms with Crippen LogP contribution >= 0.6 is 0 Å². The number of aliphatic hydroxyl groups excluding tert-OH is 1. The quantitative estimate of drug-likeness (QED) is 0.547. The Labute approximate surface area is 191 Å². The Hall–Kier alpha value is -2.66. The van der Waals surface area contributed by atoms with E-state index in [4.69, 9.17) is 4.98 Å². The number of aliphatic hydroxyl groups is 1. The molecule has 1 aliphatic carbocycles. The predicted molar refractivity (Wildman–Crippen MR) is 128 cm³/mol. The van der Waals surface area contributed by atoms with Crippen molar-refractivity contribution in [2.45, 2.75) is 77.9 Å². The van der Waals surface area contributed by atoms with Crippen LogP contribution in [0.2, 0.25) is 0 Å². The lowest BCUT2D eigenvalue weighted by molar-refractivity contribution is -0.135. The van der Waals surface area contributed by atoms with Crippen LogP contribution in [-0.2, 0) is 24.3 Å². The second-order valence-electron chi connectivity index (χ2n) is 9.17. The van der Waals surface area contributed by atoms with Crippen LogP contribution in [0.1, 0.15) is 61.0 Å². The number of aromatic nitrogens is 2. The predicted octanol–water partition coefficient (Wildman–Crippen LogP) is 4.94. The van der Waals surface area contributed by atoms with Crippen molar-refractivity contribution >= 4 is 16.9 Å². The summed E-state index contributed by atoms with van der Waals surface area (Å²) in [6, 6.07) is 14.9. The maximum atomic E-state index is 13.8. The van der Waals surface area contributed by atoms with Crippen molar-refractivity contribution in [3.8, 4) is 0 Å². The number of carbonyl (C=O) groups excluding carboxylic acids is 1. The van der Waals surface area contributed by atoms with Crippen molar-refractivity contribution in [1.29, 1.82) is 0 Å². The number of nitrogens with zero attached hydrogens (tertiary/aromatic N) is 3. The van der Waals surface area contributed by atoms with Gasteiger partial charge in [0.15, 0.2) is 0 Å². The van der Waals surface area contributed by atoms with E-state index in [0.29, 0.717) is 32.0 Å². The van der Waals surface area contributed by atoms with Crippen LogP contribution in [0.3, 0.4) is 0 Å². The minimum atomic E-state index is 0.122. The first-order valence-electron chi connectivity index (χ1n) is 12.0. The van der Waals surface area contributed by atoms with E-state index in [0.717, 1.165) is 29.7 Å². The molecule has 1 N–H and O–H groups in total. The minimum Gasteiger partial charge on any atom is -0.396 e. The molecule has 0 spiro atoms. The lowest BCUT2D eigenvalue weighted by atomic mass is 9.93. The third-order valence-electron chi connectivity index (χ3n) is 6.83. The van der Waals surface area contributed by atoms with Gasteiger partial charge >= 0.3 is 0 Å². The lowest BCUT2D eigenvalue weighted by Gasteiger charge is -2.35. The van der Waals surface area contributed by atoms with Crippen molar-refractivity contribution in [2.75, 3.05) is 6.61 Å². The van der Waals surface area contributed by atoms with Gasteiger partial charge in [-0.05, 0) is 61.9 Å². The Morgan fingerprint density at radius 1 is 1.09 bits per heavy atom. The molecule has 0 atom stereocenters. The van der Waals surface area contributed by atoms with E-state index < -0.39 is 0 Å². The number of rotatable bonds is 8. The Balaban J connectivity index is 1.66. The molecule has 170 valence electrons. The molecule has 5 nitrogen and oxygen atoms in total. The Morgan fingerprint density at radius 2 is 1.81 bits per heavy atom. The van der Waals surface area contributed by atoms with Gasteiger partial charge in [0.2, 0.25) is 5.91 Å². The number of aryl methyl sites for hydroxylation is 3. The molecule has 0 aliphatic heterocycles. The van der Waals surface area contributed by atoms with Crippen molar-refractivity contribution in [3.05, 3.63) is 65.0 Å². The molecule has 1 saturated carbocycles. The summed E-state index contributed by atoms with van der Waals surface area (Å²) in [6.45, 7) is 5.27. The largest absolute Gasteiger partial charge is 0.396 e. The van der Waals surface area contributed by atoms with Crippen LogP contribution < -0.4 is 0 Å². The van der Waals surface area contributed by atoms with Crippen LogP contribution in [0.25, 0.3) is 11.0 Å². The summed E-state index contributed by atoms with van der Waals surface area (Å²) in [5.41, 5.74) is 5.52. The van der Waals surface area contributed by atoms with Crippen LogP contribution in [0.4, 0.5) is 0 Å². The Morgan fingerprint density at radius 3 is 2.53 bits per heavy atom. The number of carbonyl (C=O) groups is 1. The molecule has 1 fully saturated rings. The SMILES string of the molecule is Cc1cc2nc(CCCO)n(CC(=O)N(Cc3ccccc3)C3CCCCC3)c2cc1C. The molecule has 2 aromatic carbocycles. The molecule has 0 saturated heterocycles. The first-order valence-corrected chi connectivity index (χ1v) is 12.0. The second kappa shape index (κ2) is 10.3. The van der Waals surface area contributed by atoms with Crippen molar-refractivity contribution in [1.82, 2.24) is 14.5 Å². The number of hydrogen-bond donors (Lipinski definition) is 1. The van der Waals surface area contributed by atoms with E-state index >= 15 is 0 Å². The van der Waals surface area contributed by atoms with Crippen LogP contribution in [0, 0.1) is 13.8 Å². The van der Waals surface area contributed by atoms with Crippen LogP contribution in [0.5, 0.6) is 0 Å². The highest BCUT2D eigenvalue weighted by atomic mass is 16.3. The van der Waals surface area contributed by atoms with E-state index in [9.17, 15) is 9.90 Å². The molecule has 5 heteroatoms. The summed E-state index contributed by atoms with van der Waals surface area (Å²) in [4.78, 5) is 20.7. The molecule has 4 rings (SSSR count). The minimum absolute atomic E-state index is 0.122. The smallest absolute Gasteiger partial charge is 0.243 e. The highest BCUT2D eigenvalue weighted by Crippen LogP contribution is 2.26. The molecule has 1 amide bonds. The summed E-state index contributed by atoms with van der Waals surface area (Å²) in [7, 11) is 0. The van der Waals surface area contributed by atoms with E-state index in [1.807, 2.05) is 18.2 Å². The average molecular weight is 434 g/mol. The van der Waals surface area contributed by atoms with E-state index in [1.165, 1.54) is 36.0 Å². The molecule has 1 aliphatic rings. The van der Waals surface area contributed by atoms with Gasteiger partial charge in [0, 0.05) is 25.6 Å². The van der Waals surface area contributed by atoms with Gasteiger partial charge in [0.1, 0.15) is 12.4 Å². The van der Waals surface area contributed by atoms with Gasteiger partial charge in [-0.1, -0.05) is 49.6 Å². The van der Waals surface area contributed by atoms with Gasteiger partial charge in [-0.2, -0.15) is 0 Å². The molecule has 1 heterocycles. The molecule has 3 aromatic rings. The van der Waals surface area contributed by atoms with Crippen LogP contribution in [0.15, 0.2) is 42.5 Å². The summed E-state index contributed by atoms with van der Waals surface area (Å²) >= 11 is 0. The van der Waals surface area contributed by atoms with Crippen molar-refractivity contribution in [3.63, 3.8) is 0 Å². The highest BCUT2D eigenvalue weighted by molar-refractivity contribution is 5.82. The molecule has 0 bridgehead atoms. The normalized spacial score (nSPS) is 14.7. The summed E-state index contributed by atoms with van der Waals surface area (Å²) < 4.78 is 2.08. The first kappa shape index (κ1) is 22.5. The summed E-state index contributed by atoms with van der Waals surface area (Å²) in [6.07, 6.45) is 7.12. The van der Waals surface area contributed by atoms with Gasteiger partial charge in [0.05, 0.1) is 11.0 Å². The Kier molecular flexibility index (Phi) is 7.26. The number of fused-ring (bicyclic) bond motifs is 1. The fourth-order valence-corrected chi connectivity index (χ4v) is 4.85. The zero-order valence-electron chi connectivity index (χ0n) is 19.4. The molecule has 0 radical (unpaired) electrons. The van der Waals surface area contributed by atoms with Gasteiger partial charge < -0.3 is 14.6 Å². The summed E-state index contributed by atoms with van der Waals surface area (Å²) in [5.74, 6) is 1.04. The van der Waals surface area contributed by atoms with Gasteiger partial charge in [0.25, 0.3) is 0 Å². The van der Waals surface area contributed by atoms with Gasteiger partial charge in [-0.25, -0.2) is 4.98 Å². The number of amides is 1. The number of benzene rings is 2. The second-order valence-corrected chi connectivity index (χ2v) is 9.17. The first-order chi connectivity index (χ1) is 15.6. The van der Waals surface area contributed by atoms with E-state index in [2.05, 4.69) is 47.6 Å². The lowest BCUT2D eigenvalue weighted by Crippen LogP contribution is -2.42. The van der Waals surface area contributed by atoms with Gasteiger partial charge in [-0.15, -0.1) is 0 Å². The molecule has 1 aromatic heterocycles. The van der Waals surface area contributed by atoms with Crippen molar-refractivity contribution < 1.29 is 9.90 Å². The monoisotopic (exact) mass is 433 g/mol. The maximum Gasteiger partial charge on any atom is 0.243 e. The number of hydrogen-bond acceptors (Lipinski definition) is 3. The summed E-state index contributed by atoms with van der Waals surface area (Å²) in [5, 5.41) is 9.37. The van der Waals surface area contributed by atoms with E-state index in [1.54, 1.807) is 0 Å². The van der Waals surface area contributed by atoms with Gasteiger partial charge in [-0.3, -0.25) is 4.79 Å². The van der Waals surface area contributed by atoms with E-state index in [-0.39, 0.29) is 12.5 Å².